The van der Waals surface area contributed by atoms with Crippen LogP contribution in [-0.4, -0.2) is 22.1 Å². The molecule has 7 heteroatoms. The molecule has 0 amide bonds. The molecule has 100 valence electrons. The Labute approximate surface area is 107 Å². The van der Waals surface area contributed by atoms with Crippen molar-refractivity contribution >= 4 is 22.6 Å². The first-order chi connectivity index (χ1) is 9.06. The summed E-state index contributed by atoms with van der Waals surface area (Å²) in [6, 6.07) is 5.88. The number of nitro groups is 1. The molecule has 0 aliphatic rings. The minimum Gasteiger partial charge on any atom is -0.462 e. The SMILES string of the molecule is CCOC(=O)C(F)n1ccc2cccc([N+](=O)[O-])c21. The largest absolute Gasteiger partial charge is 0.462 e. The molecule has 1 atom stereocenters. The number of nitro benzene ring substituents is 1. The lowest BCUT2D eigenvalue weighted by molar-refractivity contribution is -0.383. The minimum absolute atomic E-state index is 0.0422. The third kappa shape index (κ3) is 2.26. The summed E-state index contributed by atoms with van der Waals surface area (Å²) in [5.41, 5.74) is -0.192. The van der Waals surface area contributed by atoms with Gasteiger partial charge in [0.2, 0.25) is 0 Å². The maximum Gasteiger partial charge on any atom is 0.362 e. The molecule has 19 heavy (non-hydrogen) atoms. The van der Waals surface area contributed by atoms with Crippen molar-refractivity contribution in [1.29, 1.82) is 0 Å². The van der Waals surface area contributed by atoms with Crippen molar-refractivity contribution in [3.8, 4) is 0 Å². The van der Waals surface area contributed by atoms with Crippen LogP contribution >= 0.6 is 0 Å². The van der Waals surface area contributed by atoms with Crippen molar-refractivity contribution in [2.24, 2.45) is 0 Å². The lowest BCUT2D eigenvalue weighted by Crippen LogP contribution is -2.17. The van der Waals surface area contributed by atoms with Crippen LogP contribution in [0, 0.1) is 10.1 Å². The summed E-state index contributed by atoms with van der Waals surface area (Å²) >= 11 is 0. The molecule has 0 saturated carbocycles. The highest BCUT2D eigenvalue weighted by molar-refractivity contribution is 5.90. The molecule has 6 nitrogen and oxygen atoms in total. The monoisotopic (exact) mass is 266 g/mol. The van der Waals surface area contributed by atoms with E-state index in [0.717, 1.165) is 4.57 Å². The molecular formula is C12H11FN2O4. The number of halogens is 1. The lowest BCUT2D eigenvalue weighted by Gasteiger charge is -2.10. The summed E-state index contributed by atoms with van der Waals surface area (Å²) in [5.74, 6) is -1.07. The fraction of sp³-hybridized carbons (Fsp3) is 0.250. The number of rotatable bonds is 4. The number of nitrogens with zero attached hydrogens (tertiary/aromatic N) is 2. The number of benzene rings is 1. The maximum absolute atomic E-state index is 14.0. The fourth-order valence-electron chi connectivity index (χ4n) is 1.86. The van der Waals surface area contributed by atoms with Gasteiger partial charge in [0.25, 0.3) is 12.0 Å². The van der Waals surface area contributed by atoms with Gasteiger partial charge in [-0.25, -0.2) is 9.18 Å². The second-order valence-electron chi connectivity index (χ2n) is 3.78. The molecule has 0 radical (unpaired) electrons. The van der Waals surface area contributed by atoms with E-state index in [1.54, 1.807) is 13.0 Å². The van der Waals surface area contributed by atoms with E-state index < -0.39 is 17.2 Å². The molecule has 0 N–H and O–H groups in total. The molecule has 0 fully saturated rings. The maximum atomic E-state index is 14.0. The Morgan fingerprint density at radius 1 is 1.53 bits per heavy atom. The molecule has 1 aromatic heterocycles. The van der Waals surface area contributed by atoms with E-state index in [-0.39, 0.29) is 17.8 Å². The molecule has 0 aliphatic carbocycles. The number of hydrogen-bond donors (Lipinski definition) is 0. The number of carbonyl (C=O) groups excluding carboxylic acids is 1. The van der Waals surface area contributed by atoms with Crippen LogP contribution in [0.1, 0.15) is 13.2 Å². The Bertz CT molecular complexity index is 638. The number of fused-ring (bicyclic) bond motifs is 1. The van der Waals surface area contributed by atoms with Gasteiger partial charge in [0, 0.05) is 17.6 Å². The number of para-hydroxylation sites is 1. The second kappa shape index (κ2) is 5.05. The zero-order chi connectivity index (χ0) is 14.0. The van der Waals surface area contributed by atoms with Crippen molar-refractivity contribution in [2.45, 2.75) is 13.2 Å². The molecule has 2 rings (SSSR count). The highest BCUT2D eigenvalue weighted by Gasteiger charge is 2.25. The molecule has 2 aromatic rings. The van der Waals surface area contributed by atoms with Crippen molar-refractivity contribution < 1.29 is 18.8 Å². The van der Waals surface area contributed by atoms with Crippen LogP contribution in [0.15, 0.2) is 30.5 Å². The fourth-order valence-corrected chi connectivity index (χ4v) is 1.86. The minimum atomic E-state index is -2.10. The number of esters is 1. The number of alkyl halides is 1. The standard InChI is InChI=1S/C12H11FN2O4/c1-2-19-12(16)11(13)14-7-6-8-4-3-5-9(10(8)14)15(17)18/h3-7,11H,2H2,1H3. The predicted octanol–water partition coefficient (Wildman–Crippen LogP) is 2.58. The summed E-state index contributed by atoms with van der Waals surface area (Å²) in [5, 5.41) is 11.4. The summed E-state index contributed by atoms with van der Waals surface area (Å²) in [6.45, 7) is 1.60. The molecule has 0 bridgehead atoms. The van der Waals surface area contributed by atoms with Crippen molar-refractivity contribution in [3.05, 3.63) is 40.6 Å². The van der Waals surface area contributed by atoms with E-state index in [1.165, 1.54) is 24.4 Å². The molecule has 0 aliphatic heterocycles. The molecule has 0 spiro atoms. The van der Waals surface area contributed by atoms with E-state index in [2.05, 4.69) is 4.74 Å². The van der Waals surface area contributed by atoms with Gasteiger partial charge in [0.05, 0.1) is 11.5 Å². The van der Waals surface area contributed by atoms with Crippen LogP contribution < -0.4 is 0 Å². The normalized spacial score (nSPS) is 12.3. The van der Waals surface area contributed by atoms with Gasteiger partial charge in [-0.05, 0) is 13.0 Å². The zero-order valence-electron chi connectivity index (χ0n) is 10.1. The number of hydrogen-bond acceptors (Lipinski definition) is 4. The Morgan fingerprint density at radius 3 is 2.89 bits per heavy atom. The molecule has 1 heterocycles. The highest BCUT2D eigenvalue weighted by Crippen LogP contribution is 2.29. The number of carbonyl (C=O) groups is 1. The number of aromatic nitrogens is 1. The van der Waals surface area contributed by atoms with Crippen LogP contribution in [0.25, 0.3) is 10.9 Å². The van der Waals surface area contributed by atoms with Gasteiger partial charge in [-0.2, -0.15) is 0 Å². The van der Waals surface area contributed by atoms with E-state index in [0.29, 0.717) is 5.39 Å². The van der Waals surface area contributed by atoms with E-state index in [9.17, 15) is 19.3 Å². The Kier molecular flexibility index (Phi) is 3.46. The van der Waals surface area contributed by atoms with Gasteiger partial charge in [0.1, 0.15) is 5.52 Å². The van der Waals surface area contributed by atoms with E-state index in [4.69, 9.17) is 0 Å². The van der Waals surface area contributed by atoms with Crippen LogP contribution in [0.3, 0.4) is 0 Å². The second-order valence-corrected chi connectivity index (χ2v) is 3.78. The van der Waals surface area contributed by atoms with Gasteiger partial charge in [-0.3, -0.25) is 10.1 Å². The summed E-state index contributed by atoms with van der Waals surface area (Å²) in [4.78, 5) is 21.7. The van der Waals surface area contributed by atoms with Crippen LogP contribution in [0.4, 0.5) is 10.1 Å². The quantitative estimate of drug-likeness (QED) is 0.484. The average molecular weight is 266 g/mol. The van der Waals surface area contributed by atoms with Crippen molar-refractivity contribution in [3.63, 3.8) is 0 Å². The van der Waals surface area contributed by atoms with Gasteiger partial charge >= 0.3 is 5.97 Å². The van der Waals surface area contributed by atoms with Crippen LogP contribution in [0.2, 0.25) is 0 Å². The first-order valence-electron chi connectivity index (χ1n) is 5.61. The molecule has 0 saturated heterocycles. The molecule has 1 aromatic carbocycles. The van der Waals surface area contributed by atoms with Gasteiger partial charge in [-0.15, -0.1) is 0 Å². The van der Waals surface area contributed by atoms with E-state index in [1.807, 2.05) is 0 Å². The zero-order valence-corrected chi connectivity index (χ0v) is 10.1. The summed E-state index contributed by atoms with van der Waals surface area (Å²) in [6.07, 6.45) is -0.808. The average Bonchev–Trinajstić information content (AvgIpc) is 2.81. The van der Waals surface area contributed by atoms with Crippen LogP contribution in [-0.2, 0) is 9.53 Å². The summed E-state index contributed by atoms with van der Waals surface area (Å²) in [7, 11) is 0. The predicted molar refractivity (Wildman–Crippen MR) is 65.4 cm³/mol. The third-order valence-electron chi connectivity index (χ3n) is 2.64. The third-order valence-corrected chi connectivity index (χ3v) is 2.64. The Hall–Kier alpha value is -2.44. The van der Waals surface area contributed by atoms with Crippen molar-refractivity contribution in [1.82, 2.24) is 4.57 Å². The Morgan fingerprint density at radius 2 is 2.26 bits per heavy atom. The van der Waals surface area contributed by atoms with Gasteiger partial charge in [0.15, 0.2) is 0 Å². The highest BCUT2D eigenvalue weighted by atomic mass is 19.1. The van der Waals surface area contributed by atoms with Crippen LogP contribution in [0.5, 0.6) is 0 Å². The molecular weight excluding hydrogens is 255 g/mol. The number of non-ortho nitro benzene ring substituents is 1. The summed E-state index contributed by atoms with van der Waals surface area (Å²) < 4.78 is 19.5. The molecule has 1 unspecified atom stereocenters. The first-order valence-corrected chi connectivity index (χ1v) is 5.61. The van der Waals surface area contributed by atoms with E-state index >= 15 is 0 Å². The smallest absolute Gasteiger partial charge is 0.362 e. The lowest BCUT2D eigenvalue weighted by atomic mass is 10.2. The topological polar surface area (TPSA) is 74.4 Å². The number of ether oxygens (including phenoxy) is 1. The first kappa shape index (κ1) is 13.0. The Balaban J connectivity index is 2.55. The van der Waals surface area contributed by atoms with Gasteiger partial charge in [-0.1, -0.05) is 12.1 Å². The van der Waals surface area contributed by atoms with Crippen molar-refractivity contribution in [2.75, 3.05) is 6.61 Å². The van der Waals surface area contributed by atoms with Gasteiger partial charge < -0.3 is 9.30 Å².